The summed E-state index contributed by atoms with van der Waals surface area (Å²) in [4.78, 5) is 15.6. The van der Waals surface area contributed by atoms with Gasteiger partial charge in [-0.05, 0) is 12.1 Å². The van der Waals surface area contributed by atoms with E-state index >= 15 is 0 Å². The first-order valence-corrected chi connectivity index (χ1v) is 8.08. The summed E-state index contributed by atoms with van der Waals surface area (Å²) in [7, 11) is 0.221. The second-order valence-corrected chi connectivity index (χ2v) is 7.16. The Kier molecular flexibility index (Phi) is 4.66. The molecule has 0 saturated heterocycles. The predicted octanol–water partition coefficient (Wildman–Crippen LogP) is 2.50. The molecule has 2 aromatic rings. The monoisotopic (exact) mass is 297 g/mol. The van der Waals surface area contributed by atoms with Crippen LogP contribution in [0.5, 0.6) is 0 Å². The van der Waals surface area contributed by atoms with Gasteiger partial charge in [0, 0.05) is 16.0 Å². The summed E-state index contributed by atoms with van der Waals surface area (Å²) in [5.74, 6) is 0.0579. The van der Waals surface area contributed by atoms with E-state index in [2.05, 4.69) is 9.72 Å². The lowest BCUT2D eigenvalue weighted by Gasteiger charge is -2.08. The Balaban J connectivity index is 2.04. The second kappa shape index (κ2) is 6.25. The highest BCUT2D eigenvalue weighted by atomic mass is 32.2. The molecule has 0 spiro atoms. The number of hydrogen-bond donors (Lipinski definition) is 0. The number of rotatable bonds is 5. The molecule has 2 atom stereocenters. The molecule has 0 fully saturated rings. The maximum absolute atomic E-state index is 12.1. The van der Waals surface area contributed by atoms with Crippen molar-refractivity contribution in [2.45, 2.75) is 24.3 Å². The summed E-state index contributed by atoms with van der Waals surface area (Å²) in [6.45, 7) is 1.79. The molecule has 0 bridgehead atoms. The van der Waals surface area contributed by atoms with Crippen LogP contribution in [0, 0.1) is 0 Å². The van der Waals surface area contributed by atoms with E-state index in [-0.39, 0.29) is 17.6 Å². The van der Waals surface area contributed by atoms with Crippen molar-refractivity contribution in [2.75, 3.05) is 7.11 Å². The molecule has 2 unspecified atom stereocenters. The van der Waals surface area contributed by atoms with Gasteiger partial charge in [0.25, 0.3) is 0 Å². The van der Waals surface area contributed by atoms with Crippen LogP contribution in [0.25, 0.3) is 10.2 Å². The van der Waals surface area contributed by atoms with Crippen LogP contribution in [0.15, 0.2) is 24.3 Å². The molecule has 4 nitrogen and oxygen atoms in total. The van der Waals surface area contributed by atoms with Crippen molar-refractivity contribution in [3.63, 3.8) is 0 Å². The van der Waals surface area contributed by atoms with E-state index in [4.69, 9.17) is 0 Å². The van der Waals surface area contributed by atoms with Gasteiger partial charge in [-0.3, -0.25) is 9.00 Å². The van der Waals surface area contributed by atoms with E-state index < -0.39 is 10.8 Å². The summed E-state index contributed by atoms with van der Waals surface area (Å²) in [6.07, 6.45) is 0.175. The van der Waals surface area contributed by atoms with Gasteiger partial charge in [-0.1, -0.05) is 19.1 Å². The van der Waals surface area contributed by atoms with Gasteiger partial charge in [-0.2, -0.15) is 0 Å². The molecule has 6 heteroatoms. The molecule has 1 heterocycles. The number of methoxy groups -OCH3 is 1. The molecule has 0 amide bonds. The number of ether oxygens (including phenoxy) is 1. The summed E-state index contributed by atoms with van der Waals surface area (Å²) >= 11 is 1.55. The number of para-hydroxylation sites is 1. The summed E-state index contributed by atoms with van der Waals surface area (Å²) < 4.78 is 17.8. The Bertz CT molecular complexity index is 576. The first-order valence-electron chi connectivity index (χ1n) is 5.88. The normalized spacial score (nSPS) is 14.2. The molecular weight excluding hydrogens is 282 g/mol. The highest BCUT2D eigenvalue weighted by Crippen LogP contribution is 2.23. The van der Waals surface area contributed by atoms with Crippen molar-refractivity contribution in [3.8, 4) is 0 Å². The zero-order chi connectivity index (χ0) is 13.8. The topological polar surface area (TPSA) is 56.3 Å². The minimum atomic E-state index is -1.12. The summed E-state index contributed by atoms with van der Waals surface area (Å²) in [6, 6.07) is 7.83. The number of thiazole rings is 1. The predicted molar refractivity (Wildman–Crippen MR) is 77.6 cm³/mol. The number of nitrogens with zero attached hydrogens (tertiary/aromatic N) is 1. The molecular formula is C13H15NO3S2. The third-order valence-electron chi connectivity index (χ3n) is 2.73. The molecule has 0 radical (unpaired) electrons. The fraction of sp³-hybridized carbons (Fsp3) is 0.385. The van der Waals surface area contributed by atoms with Crippen LogP contribution in [0.2, 0.25) is 0 Å². The highest BCUT2D eigenvalue weighted by molar-refractivity contribution is 7.85. The molecule has 0 aliphatic rings. The summed E-state index contributed by atoms with van der Waals surface area (Å²) in [5.41, 5.74) is 0.931. The lowest BCUT2D eigenvalue weighted by atomic mass is 10.3. The molecule has 0 aliphatic heterocycles. The number of benzene rings is 1. The van der Waals surface area contributed by atoms with Crippen LogP contribution < -0.4 is 0 Å². The van der Waals surface area contributed by atoms with E-state index in [0.29, 0.717) is 5.75 Å². The Morgan fingerprint density at radius 3 is 2.89 bits per heavy atom. The molecule has 1 aromatic carbocycles. The molecule has 0 saturated carbocycles. The minimum absolute atomic E-state index is 0.175. The van der Waals surface area contributed by atoms with Crippen LogP contribution in [0.4, 0.5) is 0 Å². The summed E-state index contributed by atoms with van der Waals surface area (Å²) in [5, 5.41) is 0.621. The third kappa shape index (κ3) is 3.61. The largest absolute Gasteiger partial charge is 0.469 e. The number of fused-ring (bicyclic) bond motifs is 1. The van der Waals surface area contributed by atoms with Crippen LogP contribution >= 0.6 is 11.3 Å². The number of aromatic nitrogens is 1. The average Bonchev–Trinajstić information content (AvgIpc) is 2.80. The van der Waals surface area contributed by atoms with E-state index in [0.717, 1.165) is 15.2 Å². The molecule has 102 valence electrons. The van der Waals surface area contributed by atoms with Crippen LogP contribution in [0.1, 0.15) is 18.4 Å². The average molecular weight is 297 g/mol. The molecule has 0 aliphatic carbocycles. The standard InChI is InChI=1S/C13H15NO3S2/c1-9(7-13(15)17-2)19(16)8-12-14-10-5-3-4-6-11(10)18-12/h3-6,9H,7-8H2,1-2H3. The first-order chi connectivity index (χ1) is 9.10. The lowest BCUT2D eigenvalue weighted by Crippen LogP contribution is -2.18. The molecule has 0 N–H and O–H groups in total. The van der Waals surface area contributed by atoms with Gasteiger partial charge in [0.1, 0.15) is 5.01 Å². The number of carbonyl (C=O) groups is 1. The first kappa shape index (κ1) is 14.1. The van der Waals surface area contributed by atoms with Gasteiger partial charge in [-0.25, -0.2) is 4.98 Å². The Morgan fingerprint density at radius 2 is 2.21 bits per heavy atom. The van der Waals surface area contributed by atoms with E-state index in [1.54, 1.807) is 18.3 Å². The smallest absolute Gasteiger partial charge is 0.306 e. The van der Waals surface area contributed by atoms with Gasteiger partial charge in [0.15, 0.2) is 0 Å². The van der Waals surface area contributed by atoms with Crippen molar-refractivity contribution >= 4 is 38.3 Å². The SMILES string of the molecule is COC(=O)CC(C)S(=O)Cc1nc2ccccc2s1. The zero-order valence-corrected chi connectivity index (χ0v) is 12.4. The lowest BCUT2D eigenvalue weighted by molar-refractivity contribution is -0.140. The Hall–Kier alpha value is -1.27. The van der Waals surface area contributed by atoms with Crippen molar-refractivity contribution in [1.29, 1.82) is 0 Å². The molecule has 2 rings (SSSR count). The number of carbonyl (C=O) groups excluding carboxylic acids is 1. The quantitative estimate of drug-likeness (QED) is 0.796. The molecule has 19 heavy (non-hydrogen) atoms. The minimum Gasteiger partial charge on any atom is -0.469 e. The van der Waals surface area contributed by atoms with E-state index in [1.165, 1.54) is 7.11 Å². The highest BCUT2D eigenvalue weighted by Gasteiger charge is 2.17. The fourth-order valence-corrected chi connectivity index (χ4v) is 3.92. The maximum atomic E-state index is 12.1. The van der Waals surface area contributed by atoms with Crippen molar-refractivity contribution in [3.05, 3.63) is 29.3 Å². The fourth-order valence-electron chi connectivity index (χ4n) is 1.66. The van der Waals surface area contributed by atoms with Crippen LogP contribution in [-0.2, 0) is 26.1 Å². The Morgan fingerprint density at radius 1 is 1.47 bits per heavy atom. The number of hydrogen-bond acceptors (Lipinski definition) is 5. The third-order valence-corrected chi connectivity index (χ3v) is 5.58. The van der Waals surface area contributed by atoms with Crippen LogP contribution in [0.3, 0.4) is 0 Å². The zero-order valence-electron chi connectivity index (χ0n) is 10.8. The van der Waals surface area contributed by atoms with E-state index in [9.17, 15) is 9.00 Å². The van der Waals surface area contributed by atoms with Crippen molar-refractivity contribution in [2.24, 2.45) is 0 Å². The van der Waals surface area contributed by atoms with E-state index in [1.807, 2.05) is 24.3 Å². The Labute approximate surface area is 118 Å². The van der Waals surface area contributed by atoms with Gasteiger partial charge in [0.2, 0.25) is 0 Å². The van der Waals surface area contributed by atoms with Gasteiger partial charge in [0.05, 0.1) is 29.5 Å². The van der Waals surface area contributed by atoms with Crippen molar-refractivity contribution in [1.82, 2.24) is 4.98 Å². The van der Waals surface area contributed by atoms with Crippen LogP contribution in [-0.4, -0.2) is 27.5 Å². The molecule has 1 aromatic heterocycles. The van der Waals surface area contributed by atoms with Gasteiger partial charge < -0.3 is 4.74 Å². The van der Waals surface area contributed by atoms with Gasteiger partial charge in [-0.15, -0.1) is 11.3 Å². The second-order valence-electron chi connectivity index (χ2n) is 4.19. The van der Waals surface area contributed by atoms with Crippen molar-refractivity contribution < 1.29 is 13.7 Å². The number of esters is 1. The van der Waals surface area contributed by atoms with Gasteiger partial charge >= 0.3 is 5.97 Å². The maximum Gasteiger partial charge on any atom is 0.306 e.